The molecular weight excluding hydrogens is 240 g/mol. The minimum Gasteiger partial charge on any atom is -0.399 e. The van der Waals surface area contributed by atoms with Crippen LogP contribution in [-0.2, 0) is 0 Å². The molecule has 5 nitrogen and oxygen atoms in total. The number of anilines is 2. The molecule has 2 aromatic rings. The lowest BCUT2D eigenvalue weighted by molar-refractivity contribution is 0.208. The number of rotatable bonds is 2. The molecule has 0 bridgehead atoms. The first kappa shape index (κ1) is 12.2. The second kappa shape index (κ2) is 5.01. The first-order valence-corrected chi connectivity index (χ1v) is 6.64. The molecule has 0 amide bonds. The Morgan fingerprint density at radius 2 is 2.26 bits per heavy atom. The SMILES string of the molecule is Nc1ccc2nc(N3CCCC(CO)C3)cnc2c1. The Kier molecular flexibility index (Phi) is 3.21. The highest BCUT2D eigenvalue weighted by Gasteiger charge is 2.20. The van der Waals surface area contributed by atoms with E-state index in [-0.39, 0.29) is 6.61 Å². The van der Waals surface area contributed by atoms with Gasteiger partial charge in [-0.15, -0.1) is 0 Å². The zero-order chi connectivity index (χ0) is 13.2. The molecule has 1 saturated heterocycles. The Bertz CT molecular complexity index is 587. The standard InChI is InChI=1S/C14H18N4O/c15-11-3-4-12-13(6-11)16-7-14(17-12)18-5-1-2-10(8-18)9-19/h3-4,6-7,10,19H,1-2,5,8-9,15H2. The van der Waals surface area contributed by atoms with E-state index < -0.39 is 0 Å². The molecule has 1 aromatic heterocycles. The molecule has 3 rings (SSSR count). The van der Waals surface area contributed by atoms with Crippen molar-refractivity contribution in [2.75, 3.05) is 30.3 Å². The normalized spacial score (nSPS) is 19.8. The fourth-order valence-corrected chi connectivity index (χ4v) is 2.59. The molecule has 3 N–H and O–H groups in total. The van der Waals surface area contributed by atoms with Crippen molar-refractivity contribution in [3.05, 3.63) is 24.4 Å². The van der Waals surface area contributed by atoms with Crippen LogP contribution < -0.4 is 10.6 Å². The molecule has 1 aromatic carbocycles. The third-order valence-corrected chi connectivity index (χ3v) is 3.65. The van der Waals surface area contributed by atoms with Crippen LogP contribution in [0.15, 0.2) is 24.4 Å². The van der Waals surface area contributed by atoms with Crippen molar-refractivity contribution in [2.45, 2.75) is 12.8 Å². The molecule has 19 heavy (non-hydrogen) atoms. The van der Waals surface area contributed by atoms with Gasteiger partial charge in [-0.05, 0) is 37.0 Å². The minimum atomic E-state index is 0.244. The Morgan fingerprint density at radius 1 is 1.37 bits per heavy atom. The average molecular weight is 258 g/mol. The van der Waals surface area contributed by atoms with Gasteiger partial charge < -0.3 is 15.7 Å². The van der Waals surface area contributed by atoms with Crippen LogP contribution in [0.4, 0.5) is 11.5 Å². The zero-order valence-electron chi connectivity index (χ0n) is 10.8. The summed E-state index contributed by atoms with van der Waals surface area (Å²) >= 11 is 0. The van der Waals surface area contributed by atoms with E-state index >= 15 is 0 Å². The van der Waals surface area contributed by atoms with Gasteiger partial charge in [0, 0.05) is 25.4 Å². The van der Waals surface area contributed by atoms with Gasteiger partial charge in [0.05, 0.1) is 17.2 Å². The number of hydrogen-bond donors (Lipinski definition) is 2. The van der Waals surface area contributed by atoms with Crippen molar-refractivity contribution < 1.29 is 5.11 Å². The van der Waals surface area contributed by atoms with E-state index in [1.807, 2.05) is 18.2 Å². The van der Waals surface area contributed by atoms with Gasteiger partial charge in [-0.1, -0.05) is 0 Å². The van der Waals surface area contributed by atoms with E-state index in [0.29, 0.717) is 11.6 Å². The molecule has 1 aliphatic rings. The first-order chi connectivity index (χ1) is 9.26. The van der Waals surface area contributed by atoms with Crippen LogP contribution >= 0.6 is 0 Å². The molecule has 100 valence electrons. The van der Waals surface area contributed by atoms with Gasteiger partial charge in [-0.2, -0.15) is 0 Å². The highest BCUT2D eigenvalue weighted by Crippen LogP contribution is 2.23. The van der Waals surface area contributed by atoms with Crippen LogP contribution in [0.1, 0.15) is 12.8 Å². The van der Waals surface area contributed by atoms with Crippen LogP contribution in [0.3, 0.4) is 0 Å². The lowest BCUT2D eigenvalue weighted by Crippen LogP contribution is -2.37. The van der Waals surface area contributed by atoms with Gasteiger partial charge in [-0.25, -0.2) is 4.98 Å². The smallest absolute Gasteiger partial charge is 0.147 e. The highest BCUT2D eigenvalue weighted by molar-refractivity contribution is 5.79. The van der Waals surface area contributed by atoms with Crippen LogP contribution in [0.2, 0.25) is 0 Å². The molecule has 1 fully saturated rings. The number of nitrogens with zero attached hydrogens (tertiary/aromatic N) is 3. The molecule has 0 aliphatic carbocycles. The zero-order valence-corrected chi connectivity index (χ0v) is 10.8. The number of aliphatic hydroxyl groups is 1. The van der Waals surface area contributed by atoms with E-state index in [9.17, 15) is 5.11 Å². The number of hydrogen-bond acceptors (Lipinski definition) is 5. The summed E-state index contributed by atoms with van der Waals surface area (Å²) in [5.41, 5.74) is 8.11. The number of nitrogens with two attached hydrogens (primary N) is 1. The fourth-order valence-electron chi connectivity index (χ4n) is 2.59. The molecule has 2 heterocycles. The van der Waals surface area contributed by atoms with E-state index in [2.05, 4.69) is 14.9 Å². The summed E-state index contributed by atoms with van der Waals surface area (Å²) in [4.78, 5) is 11.3. The summed E-state index contributed by atoms with van der Waals surface area (Å²) in [5, 5.41) is 9.28. The first-order valence-electron chi connectivity index (χ1n) is 6.64. The van der Waals surface area contributed by atoms with E-state index in [4.69, 9.17) is 5.73 Å². The second-order valence-electron chi connectivity index (χ2n) is 5.11. The minimum absolute atomic E-state index is 0.244. The Labute approximate surface area is 112 Å². The summed E-state index contributed by atoms with van der Waals surface area (Å²) < 4.78 is 0. The van der Waals surface area contributed by atoms with E-state index in [1.165, 1.54) is 0 Å². The van der Waals surface area contributed by atoms with Crippen LogP contribution in [-0.4, -0.2) is 34.8 Å². The average Bonchev–Trinajstić information content (AvgIpc) is 2.46. The number of piperidine rings is 1. The molecule has 0 radical (unpaired) electrons. The summed E-state index contributed by atoms with van der Waals surface area (Å²) in [5.74, 6) is 1.23. The highest BCUT2D eigenvalue weighted by atomic mass is 16.3. The summed E-state index contributed by atoms with van der Waals surface area (Å²) in [7, 11) is 0. The molecule has 0 spiro atoms. The number of aromatic nitrogens is 2. The van der Waals surface area contributed by atoms with Gasteiger partial charge in [0.2, 0.25) is 0 Å². The van der Waals surface area contributed by atoms with Gasteiger partial charge in [0.15, 0.2) is 0 Å². The van der Waals surface area contributed by atoms with Crippen molar-refractivity contribution >= 4 is 22.5 Å². The fraction of sp³-hybridized carbons (Fsp3) is 0.429. The van der Waals surface area contributed by atoms with Crippen molar-refractivity contribution in [1.29, 1.82) is 0 Å². The second-order valence-corrected chi connectivity index (χ2v) is 5.11. The van der Waals surface area contributed by atoms with Crippen molar-refractivity contribution in [3.8, 4) is 0 Å². The van der Waals surface area contributed by atoms with E-state index in [0.717, 1.165) is 42.8 Å². The van der Waals surface area contributed by atoms with Crippen LogP contribution in [0.5, 0.6) is 0 Å². The number of benzene rings is 1. The molecular formula is C14H18N4O. The maximum Gasteiger partial charge on any atom is 0.147 e. The van der Waals surface area contributed by atoms with Crippen LogP contribution in [0, 0.1) is 5.92 Å². The molecule has 1 atom stereocenters. The lowest BCUT2D eigenvalue weighted by Gasteiger charge is -2.32. The number of aliphatic hydroxyl groups excluding tert-OH is 1. The molecule has 1 aliphatic heterocycles. The van der Waals surface area contributed by atoms with Gasteiger partial charge in [0.25, 0.3) is 0 Å². The number of fused-ring (bicyclic) bond motifs is 1. The Hall–Kier alpha value is -1.88. The van der Waals surface area contributed by atoms with Crippen molar-refractivity contribution in [3.63, 3.8) is 0 Å². The largest absolute Gasteiger partial charge is 0.399 e. The van der Waals surface area contributed by atoms with Gasteiger partial charge in [-0.3, -0.25) is 4.98 Å². The summed E-state index contributed by atoms with van der Waals surface area (Å²) in [6, 6.07) is 5.57. The van der Waals surface area contributed by atoms with Crippen molar-refractivity contribution in [2.24, 2.45) is 5.92 Å². The third kappa shape index (κ3) is 2.46. The number of nitrogen functional groups attached to an aromatic ring is 1. The van der Waals surface area contributed by atoms with Crippen molar-refractivity contribution in [1.82, 2.24) is 9.97 Å². The lowest BCUT2D eigenvalue weighted by atomic mass is 9.99. The molecule has 0 saturated carbocycles. The quantitative estimate of drug-likeness (QED) is 0.797. The topological polar surface area (TPSA) is 75.3 Å². The predicted octanol–water partition coefficient (Wildman–Crippen LogP) is 1.42. The monoisotopic (exact) mass is 258 g/mol. The third-order valence-electron chi connectivity index (χ3n) is 3.65. The Morgan fingerprint density at radius 3 is 3.11 bits per heavy atom. The predicted molar refractivity (Wildman–Crippen MR) is 76.0 cm³/mol. The van der Waals surface area contributed by atoms with E-state index in [1.54, 1.807) is 6.20 Å². The molecule has 1 unspecified atom stereocenters. The van der Waals surface area contributed by atoms with Crippen LogP contribution in [0.25, 0.3) is 11.0 Å². The summed E-state index contributed by atoms with van der Waals surface area (Å²) in [6.45, 7) is 2.07. The maximum atomic E-state index is 9.28. The molecule has 5 heteroatoms. The maximum absolute atomic E-state index is 9.28. The van der Waals surface area contributed by atoms with Gasteiger partial charge in [0.1, 0.15) is 5.82 Å². The van der Waals surface area contributed by atoms with Gasteiger partial charge >= 0.3 is 0 Å². The summed E-state index contributed by atoms with van der Waals surface area (Å²) in [6.07, 6.45) is 3.97. The Balaban J connectivity index is 1.90.